The number of carbonyl (C=O) groups excluding carboxylic acids is 3. The van der Waals surface area contributed by atoms with Crippen LogP contribution in [-0.4, -0.2) is 59.5 Å². The molecular weight excluding hydrogens is 514 g/mol. The standard InChI is InChI=1S/C27H41NO11/c1-8-16(4)34-24(31)37-19(7)14-27(28,23(29)30)15-20-11-12-21(38-25(32)35-17(5)9-2)22(13-20)39-26(33)36-18(6)10-3/h11-13,16-19H,8-10,14-15,28H2,1-7H3,(H,29,30)/t16?,17?,18?,19-,27?/m0/s1. The maximum Gasteiger partial charge on any atom is 0.514 e. The van der Waals surface area contributed by atoms with E-state index in [1.165, 1.54) is 25.1 Å². The number of aliphatic carboxylic acids is 1. The van der Waals surface area contributed by atoms with Crippen molar-refractivity contribution < 1.29 is 52.7 Å². The maximum absolute atomic E-state index is 12.3. The molecule has 0 radical (unpaired) electrons. The summed E-state index contributed by atoms with van der Waals surface area (Å²) in [5, 5.41) is 9.89. The molecule has 0 spiro atoms. The highest BCUT2D eigenvalue weighted by Gasteiger charge is 2.37. The minimum atomic E-state index is -1.87. The second-order valence-electron chi connectivity index (χ2n) is 9.52. The number of carboxylic acids is 1. The lowest BCUT2D eigenvalue weighted by Crippen LogP contribution is -2.52. The van der Waals surface area contributed by atoms with Crippen molar-refractivity contribution in [1.82, 2.24) is 0 Å². The highest BCUT2D eigenvalue weighted by atomic mass is 16.8. The Kier molecular flexibility index (Phi) is 13.5. The fourth-order valence-corrected chi connectivity index (χ4v) is 3.14. The molecule has 0 aliphatic carbocycles. The largest absolute Gasteiger partial charge is 0.514 e. The third kappa shape index (κ3) is 11.8. The normalized spacial score (nSPS) is 15.5. The zero-order valence-electron chi connectivity index (χ0n) is 23.7. The molecule has 220 valence electrons. The Labute approximate surface area is 229 Å². The van der Waals surface area contributed by atoms with Crippen LogP contribution in [0.4, 0.5) is 14.4 Å². The Morgan fingerprint density at radius 1 is 0.744 bits per heavy atom. The number of carbonyl (C=O) groups is 4. The average molecular weight is 556 g/mol. The molecule has 12 nitrogen and oxygen atoms in total. The van der Waals surface area contributed by atoms with Crippen LogP contribution >= 0.6 is 0 Å². The van der Waals surface area contributed by atoms with E-state index in [0.717, 1.165) is 0 Å². The number of carboxylic acid groups (broad SMARTS) is 1. The lowest BCUT2D eigenvalue weighted by Gasteiger charge is -2.28. The average Bonchev–Trinajstić information content (AvgIpc) is 2.84. The molecule has 0 bridgehead atoms. The van der Waals surface area contributed by atoms with E-state index in [-0.39, 0.29) is 30.4 Å². The van der Waals surface area contributed by atoms with Gasteiger partial charge in [0.05, 0.1) is 0 Å². The van der Waals surface area contributed by atoms with Crippen molar-refractivity contribution in [2.45, 2.75) is 111 Å². The molecule has 12 heteroatoms. The summed E-state index contributed by atoms with van der Waals surface area (Å²) in [5.74, 6) is -1.68. The zero-order chi connectivity index (χ0) is 29.8. The summed E-state index contributed by atoms with van der Waals surface area (Å²) < 4.78 is 31.0. The summed E-state index contributed by atoms with van der Waals surface area (Å²) in [7, 11) is 0. The van der Waals surface area contributed by atoms with Gasteiger partial charge in [-0.25, -0.2) is 14.4 Å². The molecule has 3 N–H and O–H groups in total. The number of benzene rings is 1. The van der Waals surface area contributed by atoms with Gasteiger partial charge in [0.2, 0.25) is 0 Å². The summed E-state index contributed by atoms with van der Waals surface area (Å²) >= 11 is 0. The van der Waals surface area contributed by atoms with Crippen molar-refractivity contribution in [2.75, 3.05) is 0 Å². The summed E-state index contributed by atoms with van der Waals surface area (Å²) in [6.45, 7) is 12.1. The molecule has 0 aromatic heterocycles. The summed E-state index contributed by atoms with van der Waals surface area (Å²) in [5.41, 5.74) is 4.70. The number of nitrogens with two attached hydrogens (primary N) is 1. The Hall–Kier alpha value is -3.54. The smallest absolute Gasteiger partial charge is 0.480 e. The lowest BCUT2D eigenvalue weighted by molar-refractivity contribution is -0.144. The second kappa shape index (κ2) is 15.8. The van der Waals surface area contributed by atoms with Crippen molar-refractivity contribution in [2.24, 2.45) is 5.73 Å². The molecule has 1 aromatic carbocycles. The van der Waals surface area contributed by atoms with Crippen LogP contribution in [-0.2, 0) is 30.2 Å². The summed E-state index contributed by atoms with van der Waals surface area (Å²) in [4.78, 5) is 48.6. The van der Waals surface area contributed by atoms with E-state index in [1.54, 1.807) is 20.8 Å². The van der Waals surface area contributed by atoms with Crippen molar-refractivity contribution >= 4 is 24.4 Å². The predicted molar refractivity (Wildman–Crippen MR) is 140 cm³/mol. The Morgan fingerprint density at radius 2 is 1.18 bits per heavy atom. The van der Waals surface area contributed by atoms with Crippen LogP contribution in [0.25, 0.3) is 0 Å². The van der Waals surface area contributed by atoms with E-state index in [0.29, 0.717) is 24.8 Å². The fourth-order valence-electron chi connectivity index (χ4n) is 3.14. The van der Waals surface area contributed by atoms with Gasteiger partial charge in [0.1, 0.15) is 30.0 Å². The zero-order valence-corrected chi connectivity index (χ0v) is 23.7. The summed E-state index contributed by atoms with van der Waals surface area (Å²) in [6, 6.07) is 4.10. The molecule has 1 rings (SSSR count). The molecule has 0 saturated carbocycles. The number of hydrogen-bond donors (Lipinski definition) is 2. The minimum Gasteiger partial charge on any atom is -0.480 e. The lowest BCUT2D eigenvalue weighted by atomic mass is 9.86. The van der Waals surface area contributed by atoms with Gasteiger partial charge in [0.25, 0.3) is 0 Å². The molecule has 5 atom stereocenters. The van der Waals surface area contributed by atoms with Gasteiger partial charge in [0, 0.05) is 12.8 Å². The van der Waals surface area contributed by atoms with Crippen LogP contribution in [0.15, 0.2) is 18.2 Å². The van der Waals surface area contributed by atoms with Crippen LogP contribution in [0.2, 0.25) is 0 Å². The van der Waals surface area contributed by atoms with E-state index < -0.39 is 48.3 Å². The highest BCUT2D eigenvalue weighted by Crippen LogP contribution is 2.32. The van der Waals surface area contributed by atoms with Gasteiger partial charge < -0.3 is 39.3 Å². The van der Waals surface area contributed by atoms with E-state index in [4.69, 9.17) is 34.2 Å². The van der Waals surface area contributed by atoms with Gasteiger partial charge in [-0.05, 0) is 64.7 Å². The molecule has 0 amide bonds. The molecule has 39 heavy (non-hydrogen) atoms. The van der Waals surface area contributed by atoms with Gasteiger partial charge in [-0.3, -0.25) is 4.79 Å². The monoisotopic (exact) mass is 555 g/mol. The first-order valence-electron chi connectivity index (χ1n) is 13.0. The first kappa shape index (κ1) is 33.5. The third-order valence-corrected chi connectivity index (χ3v) is 5.91. The van der Waals surface area contributed by atoms with Crippen LogP contribution in [0.1, 0.15) is 79.7 Å². The number of rotatable bonds is 14. The first-order valence-corrected chi connectivity index (χ1v) is 13.0. The summed E-state index contributed by atoms with van der Waals surface area (Å²) in [6.07, 6.45) is -3.87. The van der Waals surface area contributed by atoms with Crippen LogP contribution < -0.4 is 15.2 Å². The Morgan fingerprint density at radius 3 is 1.64 bits per heavy atom. The highest BCUT2D eigenvalue weighted by molar-refractivity contribution is 5.79. The SMILES string of the molecule is CCC(C)OC(=O)Oc1ccc(CC(N)(C[C@H](C)OC(=O)OC(C)CC)C(=O)O)cc1OC(=O)OC(C)CC. The van der Waals surface area contributed by atoms with Gasteiger partial charge >= 0.3 is 24.4 Å². The van der Waals surface area contributed by atoms with E-state index in [9.17, 15) is 24.3 Å². The fraction of sp³-hybridized carbons (Fsp3) is 0.630. The Bertz CT molecular complexity index is 982. The molecule has 0 aliphatic heterocycles. The van der Waals surface area contributed by atoms with Gasteiger partial charge in [-0.2, -0.15) is 0 Å². The van der Waals surface area contributed by atoms with Crippen molar-refractivity contribution in [1.29, 1.82) is 0 Å². The topological polar surface area (TPSA) is 170 Å². The van der Waals surface area contributed by atoms with Gasteiger partial charge in [-0.1, -0.05) is 26.8 Å². The maximum atomic E-state index is 12.3. The number of hydrogen-bond acceptors (Lipinski definition) is 11. The molecule has 1 aromatic rings. The van der Waals surface area contributed by atoms with E-state index in [2.05, 4.69) is 0 Å². The van der Waals surface area contributed by atoms with E-state index in [1.807, 2.05) is 20.8 Å². The molecule has 0 saturated heterocycles. The van der Waals surface area contributed by atoms with Crippen molar-refractivity contribution in [3.8, 4) is 11.5 Å². The molecule has 0 aliphatic rings. The first-order chi connectivity index (χ1) is 18.2. The van der Waals surface area contributed by atoms with Crippen molar-refractivity contribution in [3.63, 3.8) is 0 Å². The Balaban J connectivity index is 3.18. The minimum absolute atomic E-state index is 0.143. The van der Waals surface area contributed by atoms with Crippen LogP contribution in [0, 0.1) is 0 Å². The molecular formula is C27H41NO11. The predicted octanol–water partition coefficient (Wildman–Crippen LogP) is 5.37. The van der Waals surface area contributed by atoms with Gasteiger partial charge in [0.15, 0.2) is 11.5 Å². The second-order valence-corrected chi connectivity index (χ2v) is 9.52. The van der Waals surface area contributed by atoms with Gasteiger partial charge in [-0.15, -0.1) is 0 Å². The third-order valence-electron chi connectivity index (χ3n) is 5.91. The number of ether oxygens (including phenoxy) is 6. The van der Waals surface area contributed by atoms with E-state index >= 15 is 0 Å². The molecule has 0 fully saturated rings. The van der Waals surface area contributed by atoms with Crippen LogP contribution in [0.5, 0.6) is 11.5 Å². The quantitative estimate of drug-likeness (QED) is 0.171. The molecule has 0 heterocycles. The molecule has 4 unspecified atom stereocenters. The van der Waals surface area contributed by atoms with Crippen molar-refractivity contribution in [3.05, 3.63) is 23.8 Å². The van der Waals surface area contributed by atoms with Crippen LogP contribution in [0.3, 0.4) is 0 Å².